The van der Waals surface area contributed by atoms with Gasteiger partial charge in [-0.1, -0.05) is 12.1 Å². The average Bonchev–Trinajstić information content (AvgIpc) is 2.81. The molecule has 0 amide bonds. The number of hydrogen-bond donors (Lipinski definition) is 2. The normalized spacial score (nSPS) is 14.2. The van der Waals surface area contributed by atoms with Crippen LogP contribution in [0.2, 0.25) is 0 Å². The van der Waals surface area contributed by atoms with E-state index in [2.05, 4.69) is 9.62 Å². The molecule has 178 valence electrons. The van der Waals surface area contributed by atoms with Crippen molar-refractivity contribution in [3.63, 3.8) is 0 Å². The zero-order valence-electron chi connectivity index (χ0n) is 19.0. The molecule has 4 rings (SSSR count). The van der Waals surface area contributed by atoms with Gasteiger partial charge >= 0.3 is 5.97 Å². The number of nitrogens with zero attached hydrogens (tertiary/aromatic N) is 2. The van der Waals surface area contributed by atoms with Crippen molar-refractivity contribution in [2.75, 3.05) is 40.7 Å². The van der Waals surface area contributed by atoms with Crippen molar-refractivity contribution in [1.82, 2.24) is 0 Å². The van der Waals surface area contributed by atoms with E-state index >= 15 is 0 Å². The molecule has 0 aromatic heterocycles. The van der Waals surface area contributed by atoms with Gasteiger partial charge in [0.2, 0.25) is 0 Å². The molecule has 0 bridgehead atoms. The molecule has 0 saturated carbocycles. The molecule has 1 aliphatic heterocycles. The van der Waals surface area contributed by atoms with Gasteiger partial charge in [0.25, 0.3) is 10.0 Å². The van der Waals surface area contributed by atoms with E-state index in [1.54, 1.807) is 37.3 Å². The summed E-state index contributed by atoms with van der Waals surface area (Å²) < 4.78 is 42.4. The monoisotopic (exact) mass is 483 g/mol. The van der Waals surface area contributed by atoms with E-state index in [0.29, 0.717) is 37.4 Å². The highest BCUT2D eigenvalue weighted by molar-refractivity contribution is 7.92. The lowest BCUT2D eigenvalue weighted by Gasteiger charge is -2.38. The fourth-order valence-electron chi connectivity index (χ4n) is 4.08. The van der Waals surface area contributed by atoms with Crippen LogP contribution in [0.4, 0.5) is 21.5 Å². The number of sulfonamides is 1. The molecule has 0 unspecified atom stereocenters. The number of nitrogens with one attached hydrogen (secondary N) is 1. The number of carbonyl (C=O) groups is 1. The number of halogens is 1. The highest BCUT2D eigenvalue weighted by Gasteiger charge is 2.24. The number of hydrogen-bond acceptors (Lipinski definition) is 5. The maximum atomic E-state index is 13.3. The van der Waals surface area contributed by atoms with Crippen molar-refractivity contribution < 1.29 is 22.7 Å². The molecule has 0 spiro atoms. The number of anilines is 3. The largest absolute Gasteiger partial charge is 0.478 e. The Morgan fingerprint density at radius 1 is 0.912 bits per heavy atom. The van der Waals surface area contributed by atoms with Crippen LogP contribution in [0, 0.1) is 19.7 Å². The number of aryl methyl sites for hydroxylation is 2. The molecule has 0 atom stereocenters. The Balaban J connectivity index is 1.62. The van der Waals surface area contributed by atoms with Gasteiger partial charge in [0.15, 0.2) is 0 Å². The average molecular weight is 484 g/mol. The van der Waals surface area contributed by atoms with Crippen molar-refractivity contribution >= 4 is 33.1 Å². The van der Waals surface area contributed by atoms with Crippen LogP contribution in [0.1, 0.15) is 21.5 Å². The number of rotatable bonds is 6. The number of carboxylic acids is 1. The predicted octanol–water partition coefficient (Wildman–Crippen LogP) is 4.27. The molecule has 1 saturated heterocycles. The van der Waals surface area contributed by atoms with Gasteiger partial charge < -0.3 is 14.9 Å². The minimum atomic E-state index is -3.94. The SMILES string of the molecule is Cc1ccc(C)c(S(=O)(=O)Nc2cc(C(=O)O)ccc2N2CCN(c3ccc(F)cc3)CC2)c1. The van der Waals surface area contributed by atoms with E-state index in [4.69, 9.17) is 0 Å². The fourth-order valence-corrected chi connectivity index (χ4v) is 5.48. The molecule has 0 aliphatic carbocycles. The molecular formula is C25H26FN3O4S. The maximum absolute atomic E-state index is 13.3. The molecule has 3 aromatic carbocycles. The van der Waals surface area contributed by atoms with Gasteiger partial charge in [-0.3, -0.25) is 4.72 Å². The maximum Gasteiger partial charge on any atom is 0.335 e. The van der Waals surface area contributed by atoms with Crippen LogP contribution in [0.3, 0.4) is 0 Å². The number of carboxylic acid groups (broad SMARTS) is 1. The first-order valence-electron chi connectivity index (χ1n) is 10.9. The molecule has 2 N–H and O–H groups in total. The second-order valence-corrected chi connectivity index (χ2v) is 10.0. The van der Waals surface area contributed by atoms with E-state index in [0.717, 1.165) is 11.3 Å². The summed E-state index contributed by atoms with van der Waals surface area (Å²) in [7, 11) is -3.94. The van der Waals surface area contributed by atoms with Gasteiger partial charge in [-0.15, -0.1) is 0 Å². The molecule has 9 heteroatoms. The summed E-state index contributed by atoms with van der Waals surface area (Å²) in [6.07, 6.45) is 0. The molecule has 34 heavy (non-hydrogen) atoms. The second kappa shape index (κ2) is 9.34. The highest BCUT2D eigenvalue weighted by atomic mass is 32.2. The standard InChI is InChI=1S/C25H26FN3O4S/c1-17-3-4-18(2)24(15-17)34(32,33)27-22-16-19(25(30)31)5-10-23(22)29-13-11-28(12-14-29)21-8-6-20(26)7-9-21/h3-10,15-16,27H,11-14H2,1-2H3,(H,30,31). The number of benzene rings is 3. The smallest absolute Gasteiger partial charge is 0.335 e. The first-order valence-corrected chi connectivity index (χ1v) is 12.4. The van der Waals surface area contributed by atoms with Crippen molar-refractivity contribution in [1.29, 1.82) is 0 Å². The van der Waals surface area contributed by atoms with E-state index in [9.17, 15) is 22.7 Å². The van der Waals surface area contributed by atoms with Crippen LogP contribution in [-0.4, -0.2) is 45.7 Å². The summed E-state index contributed by atoms with van der Waals surface area (Å²) in [5.41, 5.74) is 3.14. The lowest BCUT2D eigenvalue weighted by atomic mass is 10.1. The number of aromatic carboxylic acids is 1. The first-order chi connectivity index (χ1) is 16.1. The minimum absolute atomic E-state index is 0.00707. The summed E-state index contributed by atoms with van der Waals surface area (Å²) in [5.74, 6) is -1.43. The Bertz CT molecular complexity index is 1320. The van der Waals surface area contributed by atoms with E-state index < -0.39 is 16.0 Å². The molecular weight excluding hydrogens is 457 g/mol. The van der Waals surface area contributed by atoms with Crippen LogP contribution in [0.25, 0.3) is 0 Å². The molecule has 7 nitrogen and oxygen atoms in total. The van der Waals surface area contributed by atoms with Gasteiger partial charge in [0.1, 0.15) is 5.82 Å². The zero-order valence-corrected chi connectivity index (χ0v) is 19.8. The summed E-state index contributed by atoms with van der Waals surface area (Å²) in [6, 6.07) is 16.0. The van der Waals surface area contributed by atoms with Gasteiger partial charge in [-0.2, -0.15) is 0 Å². The Morgan fingerprint density at radius 3 is 2.21 bits per heavy atom. The lowest BCUT2D eigenvalue weighted by Crippen LogP contribution is -2.46. The third-order valence-electron chi connectivity index (χ3n) is 5.93. The van der Waals surface area contributed by atoms with E-state index in [1.807, 2.05) is 17.9 Å². The quantitative estimate of drug-likeness (QED) is 0.544. The van der Waals surface area contributed by atoms with Crippen LogP contribution < -0.4 is 14.5 Å². The van der Waals surface area contributed by atoms with Crippen LogP contribution in [-0.2, 0) is 10.0 Å². The molecule has 1 aliphatic rings. The van der Waals surface area contributed by atoms with E-state index in [-0.39, 0.29) is 22.0 Å². The second-order valence-electron chi connectivity index (χ2n) is 8.36. The van der Waals surface area contributed by atoms with Crippen molar-refractivity contribution in [3.05, 3.63) is 83.2 Å². The van der Waals surface area contributed by atoms with Gasteiger partial charge in [-0.25, -0.2) is 17.6 Å². The third kappa shape index (κ3) is 4.99. The van der Waals surface area contributed by atoms with Gasteiger partial charge in [-0.05, 0) is 73.5 Å². The lowest BCUT2D eigenvalue weighted by molar-refractivity contribution is 0.0697. The topological polar surface area (TPSA) is 89.9 Å². The summed E-state index contributed by atoms with van der Waals surface area (Å²) in [6.45, 7) is 6.00. The zero-order chi connectivity index (χ0) is 24.5. The summed E-state index contributed by atoms with van der Waals surface area (Å²) in [4.78, 5) is 15.9. The Hall–Kier alpha value is -3.59. The van der Waals surface area contributed by atoms with Crippen LogP contribution in [0.15, 0.2) is 65.6 Å². The fraction of sp³-hybridized carbons (Fsp3) is 0.240. The third-order valence-corrected chi connectivity index (χ3v) is 7.44. The molecule has 1 heterocycles. The Kier molecular flexibility index (Phi) is 6.47. The van der Waals surface area contributed by atoms with Gasteiger partial charge in [0.05, 0.1) is 21.8 Å². The molecule has 0 radical (unpaired) electrons. The highest BCUT2D eigenvalue weighted by Crippen LogP contribution is 2.32. The van der Waals surface area contributed by atoms with E-state index in [1.165, 1.54) is 24.3 Å². The van der Waals surface area contributed by atoms with Crippen LogP contribution in [0.5, 0.6) is 0 Å². The summed E-state index contributed by atoms with van der Waals surface area (Å²) >= 11 is 0. The predicted molar refractivity (Wildman–Crippen MR) is 131 cm³/mol. The van der Waals surface area contributed by atoms with Crippen molar-refractivity contribution in [2.45, 2.75) is 18.7 Å². The van der Waals surface area contributed by atoms with Crippen molar-refractivity contribution in [3.8, 4) is 0 Å². The summed E-state index contributed by atoms with van der Waals surface area (Å²) in [5, 5.41) is 9.46. The molecule has 1 fully saturated rings. The van der Waals surface area contributed by atoms with Crippen LogP contribution >= 0.6 is 0 Å². The Labute approximate surface area is 198 Å². The first kappa shape index (κ1) is 23.6. The number of piperazine rings is 1. The minimum Gasteiger partial charge on any atom is -0.478 e. The Morgan fingerprint density at radius 2 is 1.56 bits per heavy atom. The van der Waals surface area contributed by atoms with Gasteiger partial charge in [0, 0.05) is 31.9 Å². The molecule has 3 aromatic rings. The van der Waals surface area contributed by atoms with Crippen molar-refractivity contribution in [2.24, 2.45) is 0 Å².